The molecule has 0 saturated carbocycles. The zero-order valence-corrected chi connectivity index (χ0v) is 9.51. The molecule has 0 bridgehead atoms. The SMILES string of the molecule is COc1ccc(C(N)=O)c(-c2ccccc2)c1. The Morgan fingerprint density at radius 3 is 2.41 bits per heavy atom. The lowest BCUT2D eigenvalue weighted by molar-refractivity contribution is 0.100. The predicted octanol–water partition coefficient (Wildman–Crippen LogP) is 2.46. The average Bonchev–Trinajstić information content (AvgIpc) is 2.39. The largest absolute Gasteiger partial charge is 0.497 e. The smallest absolute Gasteiger partial charge is 0.249 e. The highest BCUT2D eigenvalue weighted by Gasteiger charge is 2.10. The van der Waals surface area contributed by atoms with Gasteiger partial charge in [-0.15, -0.1) is 0 Å². The van der Waals surface area contributed by atoms with E-state index in [1.165, 1.54) is 0 Å². The highest BCUT2D eigenvalue weighted by atomic mass is 16.5. The molecule has 0 fully saturated rings. The number of ether oxygens (including phenoxy) is 1. The fourth-order valence-electron chi connectivity index (χ4n) is 1.72. The van der Waals surface area contributed by atoms with Gasteiger partial charge in [-0.25, -0.2) is 0 Å². The van der Waals surface area contributed by atoms with E-state index in [1.807, 2.05) is 36.4 Å². The van der Waals surface area contributed by atoms with Gasteiger partial charge >= 0.3 is 0 Å². The van der Waals surface area contributed by atoms with E-state index in [4.69, 9.17) is 10.5 Å². The Hall–Kier alpha value is -2.29. The maximum Gasteiger partial charge on any atom is 0.249 e. The van der Waals surface area contributed by atoms with Gasteiger partial charge in [-0.2, -0.15) is 0 Å². The summed E-state index contributed by atoms with van der Waals surface area (Å²) in [5, 5.41) is 0. The molecule has 0 saturated heterocycles. The molecule has 86 valence electrons. The number of hydrogen-bond acceptors (Lipinski definition) is 2. The molecule has 0 aliphatic carbocycles. The molecule has 0 aromatic heterocycles. The first-order valence-electron chi connectivity index (χ1n) is 5.25. The number of rotatable bonds is 3. The zero-order valence-electron chi connectivity index (χ0n) is 9.51. The lowest BCUT2D eigenvalue weighted by atomic mass is 9.99. The van der Waals surface area contributed by atoms with Crippen LogP contribution >= 0.6 is 0 Å². The molecule has 17 heavy (non-hydrogen) atoms. The van der Waals surface area contributed by atoms with Crippen molar-refractivity contribution in [1.29, 1.82) is 0 Å². The van der Waals surface area contributed by atoms with Crippen LogP contribution < -0.4 is 10.5 Å². The third-order valence-corrected chi connectivity index (χ3v) is 2.58. The Morgan fingerprint density at radius 2 is 1.82 bits per heavy atom. The van der Waals surface area contributed by atoms with Gasteiger partial charge in [0.25, 0.3) is 0 Å². The molecule has 0 atom stereocenters. The van der Waals surface area contributed by atoms with Gasteiger partial charge in [0.1, 0.15) is 5.75 Å². The first-order valence-corrected chi connectivity index (χ1v) is 5.25. The molecule has 0 heterocycles. The topological polar surface area (TPSA) is 52.3 Å². The third-order valence-electron chi connectivity index (χ3n) is 2.58. The van der Waals surface area contributed by atoms with Crippen molar-refractivity contribution < 1.29 is 9.53 Å². The molecule has 1 amide bonds. The summed E-state index contributed by atoms with van der Waals surface area (Å²) >= 11 is 0. The molecule has 2 aromatic rings. The standard InChI is InChI=1S/C14H13NO2/c1-17-11-7-8-12(14(15)16)13(9-11)10-5-3-2-4-6-10/h2-9H,1H3,(H2,15,16). The Labute approximate surface area is 99.8 Å². The minimum atomic E-state index is -0.438. The van der Waals surface area contributed by atoms with Gasteiger partial charge in [0.2, 0.25) is 5.91 Å². The van der Waals surface area contributed by atoms with Crippen LogP contribution in [-0.4, -0.2) is 13.0 Å². The van der Waals surface area contributed by atoms with Crippen LogP contribution in [0, 0.1) is 0 Å². The second kappa shape index (κ2) is 4.70. The molecule has 3 heteroatoms. The molecule has 3 nitrogen and oxygen atoms in total. The molecule has 0 aliphatic heterocycles. The molecule has 0 aliphatic rings. The van der Waals surface area contributed by atoms with Crippen LogP contribution in [0.25, 0.3) is 11.1 Å². The van der Waals surface area contributed by atoms with E-state index in [1.54, 1.807) is 19.2 Å². The van der Waals surface area contributed by atoms with E-state index < -0.39 is 5.91 Å². The summed E-state index contributed by atoms with van der Waals surface area (Å²) in [5.41, 5.74) is 7.59. The predicted molar refractivity (Wildman–Crippen MR) is 66.9 cm³/mol. The third kappa shape index (κ3) is 2.28. The number of amides is 1. The van der Waals surface area contributed by atoms with E-state index in [9.17, 15) is 4.79 Å². The highest BCUT2D eigenvalue weighted by Crippen LogP contribution is 2.27. The van der Waals surface area contributed by atoms with E-state index >= 15 is 0 Å². The van der Waals surface area contributed by atoms with Crippen molar-refractivity contribution in [3.63, 3.8) is 0 Å². The minimum absolute atomic E-state index is 0.438. The van der Waals surface area contributed by atoms with Gasteiger partial charge < -0.3 is 10.5 Å². The number of carbonyl (C=O) groups excluding carboxylic acids is 1. The number of methoxy groups -OCH3 is 1. The van der Waals surface area contributed by atoms with Crippen molar-refractivity contribution in [2.45, 2.75) is 0 Å². The highest BCUT2D eigenvalue weighted by molar-refractivity contribution is 6.00. The maximum absolute atomic E-state index is 11.4. The molecule has 2 aromatic carbocycles. The van der Waals surface area contributed by atoms with Crippen LogP contribution in [0.4, 0.5) is 0 Å². The van der Waals surface area contributed by atoms with Crippen molar-refractivity contribution in [3.8, 4) is 16.9 Å². The van der Waals surface area contributed by atoms with Crippen molar-refractivity contribution in [1.82, 2.24) is 0 Å². The summed E-state index contributed by atoms with van der Waals surface area (Å²) in [6.07, 6.45) is 0. The Morgan fingerprint density at radius 1 is 1.12 bits per heavy atom. The minimum Gasteiger partial charge on any atom is -0.497 e. The number of carbonyl (C=O) groups is 1. The molecular weight excluding hydrogens is 214 g/mol. The van der Waals surface area contributed by atoms with Crippen molar-refractivity contribution >= 4 is 5.91 Å². The zero-order chi connectivity index (χ0) is 12.3. The number of nitrogens with two attached hydrogens (primary N) is 1. The van der Waals surface area contributed by atoms with Gasteiger partial charge in [0.15, 0.2) is 0 Å². The summed E-state index contributed by atoms with van der Waals surface area (Å²) in [6, 6.07) is 14.8. The fourth-order valence-corrected chi connectivity index (χ4v) is 1.72. The number of primary amides is 1. The molecule has 2 N–H and O–H groups in total. The summed E-state index contributed by atoms with van der Waals surface area (Å²) in [6.45, 7) is 0. The van der Waals surface area contributed by atoms with E-state index in [2.05, 4.69) is 0 Å². The van der Waals surface area contributed by atoms with Crippen LogP contribution in [0.3, 0.4) is 0 Å². The monoisotopic (exact) mass is 227 g/mol. The first kappa shape index (κ1) is 11.2. The van der Waals surface area contributed by atoms with Gasteiger partial charge in [-0.1, -0.05) is 30.3 Å². The van der Waals surface area contributed by atoms with Crippen LogP contribution in [0.15, 0.2) is 48.5 Å². The number of benzene rings is 2. The lowest BCUT2D eigenvalue weighted by Crippen LogP contribution is -2.12. The summed E-state index contributed by atoms with van der Waals surface area (Å²) < 4.78 is 5.16. The molecular formula is C14H13NO2. The van der Waals surface area contributed by atoms with Crippen molar-refractivity contribution in [2.75, 3.05) is 7.11 Å². The Kier molecular flexibility index (Phi) is 3.10. The van der Waals surface area contributed by atoms with E-state index in [0.717, 1.165) is 11.1 Å². The summed E-state index contributed by atoms with van der Waals surface area (Å²) in [5.74, 6) is 0.264. The second-order valence-corrected chi connectivity index (χ2v) is 3.64. The van der Waals surface area contributed by atoms with Crippen LogP contribution in [-0.2, 0) is 0 Å². The summed E-state index contributed by atoms with van der Waals surface area (Å²) in [4.78, 5) is 11.4. The van der Waals surface area contributed by atoms with Crippen molar-refractivity contribution in [3.05, 3.63) is 54.1 Å². The molecule has 0 unspecified atom stereocenters. The molecule has 0 radical (unpaired) electrons. The Balaban J connectivity index is 2.61. The molecule has 2 rings (SSSR count). The second-order valence-electron chi connectivity index (χ2n) is 3.64. The Bertz CT molecular complexity index is 535. The van der Waals surface area contributed by atoms with Crippen LogP contribution in [0.5, 0.6) is 5.75 Å². The van der Waals surface area contributed by atoms with Crippen LogP contribution in [0.2, 0.25) is 0 Å². The fraction of sp³-hybridized carbons (Fsp3) is 0.0714. The quantitative estimate of drug-likeness (QED) is 0.875. The van der Waals surface area contributed by atoms with Gasteiger partial charge in [0.05, 0.1) is 7.11 Å². The van der Waals surface area contributed by atoms with Crippen molar-refractivity contribution in [2.24, 2.45) is 5.73 Å². The van der Waals surface area contributed by atoms with Gasteiger partial charge in [0, 0.05) is 5.56 Å². The van der Waals surface area contributed by atoms with E-state index in [-0.39, 0.29) is 0 Å². The number of hydrogen-bond donors (Lipinski definition) is 1. The lowest BCUT2D eigenvalue weighted by Gasteiger charge is -2.09. The average molecular weight is 227 g/mol. The maximum atomic E-state index is 11.4. The summed E-state index contributed by atoms with van der Waals surface area (Å²) in [7, 11) is 1.59. The van der Waals surface area contributed by atoms with Gasteiger partial charge in [-0.05, 0) is 29.3 Å². The first-order chi connectivity index (χ1) is 8.22. The van der Waals surface area contributed by atoms with Gasteiger partial charge in [-0.3, -0.25) is 4.79 Å². The van der Waals surface area contributed by atoms with Crippen LogP contribution in [0.1, 0.15) is 10.4 Å². The molecule has 0 spiro atoms. The van der Waals surface area contributed by atoms with E-state index in [0.29, 0.717) is 11.3 Å². The normalized spacial score (nSPS) is 9.94.